The molecule has 0 radical (unpaired) electrons. The fraction of sp³-hybridized carbons (Fsp3) is 0.536. The van der Waals surface area contributed by atoms with Gasteiger partial charge in [-0.25, -0.2) is 0 Å². The number of likely N-dealkylation sites (tertiary alicyclic amines) is 1. The van der Waals surface area contributed by atoms with E-state index in [1.807, 2.05) is 24.3 Å². The van der Waals surface area contributed by atoms with Crippen LogP contribution in [0.5, 0.6) is 5.75 Å². The first kappa shape index (κ1) is 23.6. The Morgan fingerprint density at radius 1 is 1.00 bits per heavy atom. The van der Waals surface area contributed by atoms with Crippen molar-refractivity contribution in [2.45, 2.75) is 39.3 Å². The van der Waals surface area contributed by atoms with Crippen molar-refractivity contribution in [1.29, 1.82) is 0 Å². The molecule has 2 bridgehead atoms. The molecule has 33 heavy (non-hydrogen) atoms. The molecule has 1 saturated heterocycles. The molecule has 0 spiro atoms. The highest BCUT2D eigenvalue weighted by atomic mass is 16.5. The SMILES string of the molecule is CC(C)COc1ccc(CC(=O)N(Cc2ccc(N(C)C)cc2)[C@H]2[C@@H]3C[C@H]2CN(C)C3)cc1. The number of fused-ring (bicyclic) bond motifs is 2. The molecule has 0 N–H and O–H groups in total. The molecule has 1 aliphatic heterocycles. The number of rotatable bonds is 9. The molecule has 2 aliphatic rings. The molecule has 0 unspecified atom stereocenters. The van der Waals surface area contributed by atoms with Gasteiger partial charge in [-0.2, -0.15) is 0 Å². The lowest BCUT2D eigenvalue weighted by Gasteiger charge is -2.56. The van der Waals surface area contributed by atoms with Gasteiger partial charge >= 0.3 is 0 Å². The van der Waals surface area contributed by atoms with Crippen LogP contribution in [0.4, 0.5) is 5.69 Å². The standard InChI is InChI=1S/C28H39N3O2/c1-20(2)19-33-26-12-8-21(9-13-26)14-27(32)31(28-23-15-24(28)18-30(5)17-23)16-22-6-10-25(11-7-22)29(3)4/h6-13,20,23-24,28H,14-19H2,1-5H3/t23-,24+,28+. The van der Waals surface area contributed by atoms with Crippen LogP contribution in [-0.4, -0.2) is 62.6 Å². The fourth-order valence-corrected chi connectivity index (χ4v) is 5.30. The van der Waals surface area contributed by atoms with E-state index in [0.29, 0.717) is 43.4 Å². The monoisotopic (exact) mass is 449 g/mol. The van der Waals surface area contributed by atoms with Gasteiger partial charge < -0.3 is 19.4 Å². The van der Waals surface area contributed by atoms with Gasteiger partial charge in [0.05, 0.1) is 13.0 Å². The highest BCUT2D eigenvalue weighted by Crippen LogP contribution is 2.43. The Labute approximate surface area is 199 Å². The van der Waals surface area contributed by atoms with Crippen molar-refractivity contribution < 1.29 is 9.53 Å². The summed E-state index contributed by atoms with van der Waals surface area (Å²) in [5.41, 5.74) is 3.43. The molecule has 1 heterocycles. The minimum absolute atomic E-state index is 0.229. The van der Waals surface area contributed by atoms with E-state index in [1.54, 1.807) is 0 Å². The molecule has 2 aromatic rings. The summed E-state index contributed by atoms with van der Waals surface area (Å²) in [6.45, 7) is 7.85. The summed E-state index contributed by atoms with van der Waals surface area (Å²) in [6.07, 6.45) is 1.69. The van der Waals surface area contributed by atoms with Crippen LogP contribution in [0.1, 0.15) is 31.4 Å². The maximum absolute atomic E-state index is 13.6. The van der Waals surface area contributed by atoms with Gasteiger partial charge in [-0.05, 0) is 66.6 Å². The molecule has 2 aromatic carbocycles. The van der Waals surface area contributed by atoms with Crippen LogP contribution in [0.3, 0.4) is 0 Å². The highest BCUT2D eigenvalue weighted by molar-refractivity contribution is 5.79. The number of hydrogen-bond donors (Lipinski definition) is 0. The average Bonchev–Trinajstić information content (AvgIpc) is 2.78. The van der Waals surface area contributed by atoms with Crippen molar-refractivity contribution in [3.8, 4) is 5.75 Å². The second-order valence-electron chi connectivity index (χ2n) is 10.6. The van der Waals surface area contributed by atoms with Crippen LogP contribution in [-0.2, 0) is 17.8 Å². The molecule has 178 valence electrons. The van der Waals surface area contributed by atoms with Crippen molar-refractivity contribution >= 4 is 11.6 Å². The highest BCUT2D eigenvalue weighted by Gasteiger charge is 2.49. The van der Waals surface area contributed by atoms with Gasteiger partial charge in [0.1, 0.15) is 5.75 Å². The number of ether oxygens (including phenoxy) is 1. The third-order valence-electron chi connectivity index (χ3n) is 7.01. The molecule has 2 fully saturated rings. The van der Waals surface area contributed by atoms with Crippen LogP contribution in [0.25, 0.3) is 0 Å². The smallest absolute Gasteiger partial charge is 0.227 e. The number of benzene rings is 2. The third kappa shape index (κ3) is 5.70. The predicted octanol–water partition coefficient (Wildman–Crippen LogP) is 4.31. The summed E-state index contributed by atoms with van der Waals surface area (Å²) in [4.78, 5) is 20.3. The van der Waals surface area contributed by atoms with Crippen molar-refractivity contribution in [3.63, 3.8) is 0 Å². The first-order chi connectivity index (χ1) is 15.8. The van der Waals surface area contributed by atoms with E-state index in [0.717, 1.165) is 24.4 Å². The lowest BCUT2D eigenvalue weighted by molar-refractivity contribution is -0.146. The molecule has 5 heteroatoms. The number of carbonyl (C=O) groups is 1. The second-order valence-corrected chi connectivity index (χ2v) is 10.6. The van der Waals surface area contributed by atoms with E-state index in [4.69, 9.17) is 4.74 Å². The molecule has 4 rings (SSSR count). The molecule has 0 aromatic heterocycles. The minimum atomic E-state index is 0.229. The van der Waals surface area contributed by atoms with Gasteiger partial charge in [-0.3, -0.25) is 4.79 Å². The van der Waals surface area contributed by atoms with Gasteiger partial charge in [-0.1, -0.05) is 38.1 Å². The Balaban J connectivity index is 1.47. The topological polar surface area (TPSA) is 36.0 Å². The van der Waals surface area contributed by atoms with Crippen LogP contribution in [0.2, 0.25) is 0 Å². The second kappa shape index (κ2) is 10.2. The van der Waals surface area contributed by atoms with Gasteiger partial charge in [0.15, 0.2) is 0 Å². The molecule has 3 atom stereocenters. The first-order valence-electron chi connectivity index (χ1n) is 12.3. The van der Waals surface area contributed by atoms with Crippen molar-refractivity contribution in [2.24, 2.45) is 17.8 Å². The van der Waals surface area contributed by atoms with E-state index >= 15 is 0 Å². The Kier molecular flexibility index (Phi) is 7.28. The number of hydrogen-bond acceptors (Lipinski definition) is 4. The number of nitrogens with zero attached hydrogens (tertiary/aromatic N) is 3. The predicted molar refractivity (Wildman–Crippen MR) is 135 cm³/mol. The lowest BCUT2D eigenvalue weighted by Crippen LogP contribution is -2.64. The quantitative estimate of drug-likeness (QED) is 0.572. The zero-order chi connectivity index (χ0) is 23.5. The molecule has 1 saturated carbocycles. The summed E-state index contributed by atoms with van der Waals surface area (Å²) >= 11 is 0. The molecule has 5 nitrogen and oxygen atoms in total. The molecular weight excluding hydrogens is 410 g/mol. The minimum Gasteiger partial charge on any atom is -0.493 e. The Morgan fingerprint density at radius 3 is 2.18 bits per heavy atom. The van der Waals surface area contributed by atoms with Crippen molar-refractivity contribution in [2.75, 3.05) is 45.7 Å². The summed E-state index contributed by atoms with van der Waals surface area (Å²) in [5.74, 6) is 2.77. The first-order valence-corrected chi connectivity index (χ1v) is 12.3. The summed E-state index contributed by atoms with van der Waals surface area (Å²) in [7, 11) is 6.30. The van der Waals surface area contributed by atoms with Gasteiger partial charge in [0.2, 0.25) is 5.91 Å². The van der Waals surface area contributed by atoms with Crippen LogP contribution >= 0.6 is 0 Å². The van der Waals surface area contributed by atoms with E-state index in [9.17, 15) is 4.79 Å². The number of anilines is 1. The van der Waals surface area contributed by atoms with Crippen LogP contribution in [0, 0.1) is 17.8 Å². The van der Waals surface area contributed by atoms with Gasteiger partial charge in [0.25, 0.3) is 0 Å². The average molecular weight is 450 g/mol. The Bertz CT molecular complexity index is 911. The van der Waals surface area contributed by atoms with E-state index in [2.05, 4.69) is 74.0 Å². The zero-order valence-corrected chi connectivity index (χ0v) is 20.8. The van der Waals surface area contributed by atoms with Gasteiger partial charge in [0, 0.05) is 45.5 Å². The fourth-order valence-electron chi connectivity index (χ4n) is 5.30. The Morgan fingerprint density at radius 2 is 1.61 bits per heavy atom. The normalized spacial score (nSPS) is 22.1. The maximum atomic E-state index is 13.6. The van der Waals surface area contributed by atoms with Gasteiger partial charge in [-0.15, -0.1) is 0 Å². The van der Waals surface area contributed by atoms with Crippen LogP contribution < -0.4 is 9.64 Å². The largest absolute Gasteiger partial charge is 0.493 e. The summed E-state index contributed by atoms with van der Waals surface area (Å²) in [5, 5.41) is 0. The van der Waals surface area contributed by atoms with E-state index in [1.165, 1.54) is 17.7 Å². The lowest BCUT2D eigenvalue weighted by atomic mass is 9.65. The van der Waals surface area contributed by atoms with Crippen LogP contribution in [0.15, 0.2) is 48.5 Å². The maximum Gasteiger partial charge on any atom is 0.227 e. The zero-order valence-electron chi connectivity index (χ0n) is 20.8. The number of piperidine rings is 2. The van der Waals surface area contributed by atoms with E-state index < -0.39 is 0 Å². The van der Waals surface area contributed by atoms with Crippen molar-refractivity contribution in [1.82, 2.24) is 9.80 Å². The Hall–Kier alpha value is -2.53. The van der Waals surface area contributed by atoms with Crippen molar-refractivity contribution in [3.05, 3.63) is 59.7 Å². The van der Waals surface area contributed by atoms with E-state index in [-0.39, 0.29) is 5.91 Å². The number of carbonyl (C=O) groups excluding carboxylic acids is 1. The molecule has 1 aliphatic carbocycles. The number of amides is 1. The summed E-state index contributed by atoms with van der Waals surface area (Å²) < 4.78 is 5.80. The molecular formula is C28H39N3O2. The molecule has 1 amide bonds. The third-order valence-corrected chi connectivity index (χ3v) is 7.01. The summed E-state index contributed by atoms with van der Waals surface area (Å²) in [6, 6.07) is 17.0.